The van der Waals surface area contributed by atoms with Crippen LogP contribution in [-0.4, -0.2) is 27.7 Å². The summed E-state index contributed by atoms with van der Waals surface area (Å²) >= 11 is 2.60. The molecule has 5 nitrogen and oxygen atoms in total. The van der Waals surface area contributed by atoms with Crippen molar-refractivity contribution in [3.63, 3.8) is 0 Å². The Morgan fingerprint density at radius 3 is 2.59 bits per heavy atom. The number of thiazole rings is 1. The highest BCUT2D eigenvalue weighted by Crippen LogP contribution is 2.53. The fraction of sp³-hybridized carbons (Fsp3) is 0.773. The lowest BCUT2D eigenvalue weighted by molar-refractivity contribution is -0.134. The van der Waals surface area contributed by atoms with Crippen LogP contribution < -0.4 is 5.32 Å². The van der Waals surface area contributed by atoms with Gasteiger partial charge >= 0.3 is 5.97 Å². The second kappa shape index (κ2) is 9.82. The van der Waals surface area contributed by atoms with Gasteiger partial charge in [-0.05, 0) is 36.0 Å². The normalized spacial score (nSPS) is 27.5. The van der Waals surface area contributed by atoms with E-state index in [1.54, 1.807) is 6.20 Å². The highest BCUT2D eigenvalue weighted by atomic mass is 32.2. The van der Waals surface area contributed by atoms with Crippen LogP contribution in [0.3, 0.4) is 0 Å². The van der Waals surface area contributed by atoms with E-state index in [1.807, 2.05) is 0 Å². The summed E-state index contributed by atoms with van der Waals surface area (Å²) in [4.78, 5) is 28.2. The van der Waals surface area contributed by atoms with Crippen LogP contribution in [0.2, 0.25) is 0 Å². The Labute approximate surface area is 182 Å². The number of rotatable bonds is 8. The van der Waals surface area contributed by atoms with Crippen molar-refractivity contribution < 1.29 is 14.7 Å². The average Bonchev–Trinajstić information content (AvgIpc) is 3.35. The molecular formula is C22H34N2O3S2. The molecule has 7 heteroatoms. The predicted molar refractivity (Wildman–Crippen MR) is 119 cm³/mol. The smallest absolute Gasteiger partial charge is 0.313 e. The Kier molecular flexibility index (Phi) is 7.65. The number of hydrogen-bond donors (Lipinski definition) is 2. The number of aliphatic carboxylic acids is 1. The second-order valence-electron chi connectivity index (χ2n) is 9.35. The number of carbonyl (C=O) groups excluding carboxylic acids is 1. The zero-order chi connectivity index (χ0) is 21.0. The van der Waals surface area contributed by atoms with E-state index in [0.717, 1.165) is 10.1 Å². The van der Waals surface area contributed by atoms with Gasteiger partial charge in [0.2, 0.25) is 5.91 Å². The SMILES string of the molecule is CC1CCC(C)(C(C2CCCC2)C(C)C(=O)Nc2ncc(SCC(=O)O)s2)CC1. The van der Waals surface area contributed by atoms with Gasteiger partial charge in [-0.2, -0.15) is 0 Å². The molecule has 2 unspecified atom stereocenters. The lowest BCUT2D eigenvalue weighted by Gasteiger charge is -2.47. The topological polar surface area (TPSA) is 79.3 Å². The van der Waals surface area contributed by atoms with Crippen molar-refractivity contribution in [2.75, 3.05) is 11.1 Å². The summed E-state index contributed by atoms with van der Waals surface area (Å²) in [7, 11) is 0. The third-order valence-corrected chi connectivity index (χ3v) is 9.23. The molecule has 1 aromatic rings. The van der Waals surface area contributed by atoms with E-state index in [9.17, 15) is 9.59 Å². The molecule has 1 amide bonds. The molecule has 1 aromatic heterocycles. The third-order valence-electron chi connectivity index (χ3n) is 7.13. The van der Waals surface area contributed by atoms with Gasteiger partial charge in [-0.15, -0.1) is 11.8 Å². The van der Waals surface area contributed by atoms with E-state index in [0.29, 0.717) is 17.0 Å². The third kappa shape index (κ3) is 5.75. The number of nitrogens with zero attached hydrogens (tertiary/aromatic N) is 1. The van der Waals surface area contributed by atoms with Crippen LogP contribution in [-0.2, 0) is 9.59 Å². The highest BCUT2D eigenvalue weighted by molar-refractivity contribution is 8.01. The van der Waals surface area contributed by atoms with Gasteiger partial charge in [0.1, 0.15) is 0 Å². The van der Waals surface area contributed by atoms with Crippen LogP contribution in [0.5, 0.6) is 0 Å². The Hall–Kier alpha value is -1.08. The molecule has 0 aliphatic heterocycles. The van der Waals surface area contributed by atoms with E-state index < -0.39 is 5.97 Å². The second-order valence-corrected chi connectivity index (χ2v) is 11.7. The van der Waals surface area contributed by atoms with E-state index in [1.165, 1.54) is 74.5 Å². The Bertz CT molecular complexity index is 707. The van der Waals surface area contributed by atoms with Gasteiger partial charge in [0, 0.05) is 5.92 Å². The molecule has 2 fully saturated rings. The van der Waals surface area contributed by atoms with Gasteiger partial charge < -0.3 is 10.4 Å². The quantitative estimate of drug-likeness (QED) is 0.493. The van der Waals surface area contributed by atoms with Crippen molar-refractivity contribution in [3.05, 3.63) is 6.20 Å². The largest absolute Gasteiger partial charge is 0.481 e. The molecule has 0 spiro atoms. The Morgan fingerprint density at radius 1 is 1.31 bits per heavy atom. The number of aromatic nitrogens is 1. The first-order valence-corrected chi connectivity index (χ1v) is 12.7. The van der Waals surface area contributed by atoms with E-state index >= 15 is 0 Å². The Balaban J connectivity index is 1.69. The minimum atomic E-state index is -0.850. The number of anilines is 1. The number of amides is 1. The lowest BCUT2D eigenvalue weighted by atomic mass is 9.57. The number of carboxylic acids is 1. The van der Waals surface area contributed by atoms with E-state index in [-0.39, 0.29) is 23.0 Å². The van der Waals surface area contributed by atoms with Crippen LogP contribution >= 0.6 is 23.1 Å². The summed E-state index contributed by atoms with van der Waals surface area (Å²) in [5.74, 6) is 1.03. The minimum absolute atomic E-state index is 0.00646. The monoisotopic (exact) mass is 438 g/mol. The van der Waals surface area contributed by atoms with Crippen molar-refractivity contribution in [2.24, 2.45) is 29.1 Å². The van der Waals surface area contributed by atoms with Crippen molar-refractivity contribution in [1.82, 2.24) is 4.98 Å². The summed E-state index contributed by atoms with van der Waals surface area (Å²) < 4.78 is 0.816. The number of carboxylic acid groups (broad SMARTS) is 1. The molecule has 0 bridgehead atoms. The molecule has 2 aliphatic carbocycles. The fourth-order valence-corrected chi connectivity index (χ4v) is 7.15. The molecule has 0 saturated heterocycles. The summed E-state index contributed by atoms with van der Waals surface area (Å²) in [6.45, 7) is 6.88. The minimum Gasteiger partial charge on any atom is -0.481 e. The van der Waals surface area contributed by atoms with Crippen LogP contribution in [0.1, 0.15) is 72.1 Å². The zero-order valence-electron chi connectivity index (χ0n) is 17.8. The van der Waals surface area contributed by atoms with Crippen molar-refractivity contribution in [3.8, 4) is 0 Å². The number of hydrogen-bond acceptors (Lipinski definition) is 5. The maximum atomic E-state index is 13.2. The molecule has 1 heterocycles. The Morgan fingerprint density at radius 2 is 1.97 bits per heavy atom. The molecule has 2 aliphatic rings. The first-order valence-electron chi connectivity index (χ1n) is 10.9. The lowest BCUT2D eigenvalue weighted by Crippen LogP contribution is -2.43. The maximum absolute atomic E-state index is 13.2. The van der Waals surface area contributed by atoms with Crippen LogP contribution in [0.4, 0.5) is 5.13 Å². The summed E-state index contributed by atoms with van der Waals surface area (Å²) in [6, 6.07) is 0. The van der Waals surface area contributed by atoms with Gasteiger partial charge in [-0.3, -0.25) is 9.59 Å². The summed E-state index contributed by atoms with van der Waals surface area (Å²) in [6.07, 6.45) is 11.7. The number of thioether (sulfide) groups is 1. The van der Waals surface area contributed by atoms with Crippen molar-refractivity contribution >= 4 is 40.1 Å². The molecule has 0 radical (unpaired) electrons. The molecule has 2 saturated carbocycles. The fourth-order valence-electron chi connectivity index (χ4n) is 5.55. The van der Waals surface area contributed by atoms with Gasteiger partial charge in [0.25, 0.3) is 0 Å². The van der Waals surface area contributed by atoms with Gasteiger partial charge in [0.15, 0.2) is 5.13 Å². The first-order chi connectivity index (χ1) is 13.8. The molecule has 162 valence electrons. The van der Waals surface area contributed by atoms with Gasteiger partial charge in [0.05, 0.1) is 16.2 Å². The molecule has 0 aromatic carbocycles. The van der Waals surface area contributed by atoms with E-state index in [2.05, 4.69) is 31.1 Å². The standard InChI is InChI=1S/C22H34N2O3S2/c1-14-8-10-22(3,11-9-14)19(16-6-4-5-7-16)15(2)20(27)24-21-23-12-18(29-21)28-13-17(25)26/h12,14-16,19H,4-11,13H2,1-3H3,(H,25,26)(H,23,24,27). The zero-order valence-corrected chi connectivity index (χ0v) is 19.4. The summed E-state index contributed by atoms with van der Waals surface area (Å²) in [5.41, 5.74) is 0.240. The summed E-state index contributed by atoms with van der Waals surface area (Å²) in [5, 5.41) is 12.4. The molecule has 3 rings (SSSR count). The number of nitrogens with one attached hydrogen (secondary N) is 1. The van der Waals surface area contributed by atoms with Gasteiger partial charge in [-0.25, -0.2) is 4.98 Å². The van der Waals surface area contributed by atoms with Crippen LogP contribution in [0, 0.1) is 29.1 Å². The molecular weight excluding hydrogens is 404 g/mol. The number of carbonyl (C=O) groups is 2. The first kappa shape index (κ1) is 22.6. The molecule has 2 N–H and O–H groups in total. The van der Waals surface area contributed by atoms with E-state index in [4.69, 9.17) is 5.11 Å². The van der Waals surface area contributed by atoms with Crippen LogP contribution in [0.25, 0.3) is 0 Å². The van der Waals surface area contributed by atoms with Crippen molar-refractivity contribution in [2.45, 2.75) is 76.3 Å². The highest BCUT2D eigenvalue weighted by Gasteiger charge is 2.46. The molecule has 29 heavy (non-hydrogen) atoms. The predicted octanol–water partition coefficient (Wildman–Crippen LogP) is 5.92. The van der Waals surface area contributed by atoms with Gasteiger partial charge in [-0.1, -0.05) is 70.6 Å². The molecule has 2 atom stereocenters. The maximum Gasteiger partial charge on any atom is 0.313 e. The average molecular weight is 439 g/mol. The van der Waals surface area contributed by atoms with Crippen LogP contribution in [0.15, 0.2) is 10.4 Å². The van der Waals surface area contributed by atoms with Crippen molar-refractivity contribution in [1.29, 1.82) is 0 Å².